The number of hydrogen-bond acceptors (Lipinski definition) is 3. The van der Waals surface area contributed by atoms with E-state index in [1.54, 1.807) is 11.3 Å². The van der Waals surface area contributed by atoms with Gasteiger partial charge in [0.15, 0.2) is 0 Å². The fraction of sp³-hybridized carbons (Fsp3) is 0.182. The Kier molecular flexibility index (Phi) is 3.19. The van der Waals surface area contributed by atoms with Crippen molar-refractivity contribution in [2.24, 2.45) is 5.73 Å². The Morgan fingerprint density at radius 1 is 1.33 bits per heavy atom. The summed E-state index contributed by atoms with van der Waals surface area (Å²) in [6.07, 6.45) is 0. The number of thiazole rings is 1. The standard InChI is InChI=1S/C11H11BrN2S/c1-7-11(15-10(6-13)14-7)8-2-4-9(12)5-3-8/h2-5H,6,13H2,1H3. The molecule has 2 nitrogen and oxygen atoms in total. The Labute approximate surface area is 101 Å². The summed E-state index contributed by atoms with van der Waals surface area (Å²) in [6.45, 7) is 2.54. The van der Waals surface area contributed by atoms with E-state index in [9.17, 15) is 0 Å². The molecule has 0 atom stereocenters. The molecule has 78 valence electrons. The molecule has 0 saturated heterocycles. The van der Waals surface area contributed by atoms with Gasteiger partial charge in [-0.2, -0.15) is 0 Å². The fourth-order valence-electron chi connectivity index (χ4n) is 1.41. The minimum atomic E-state index is 0.516. The number of nitrogens with two attached hydrogens (primary N) is 1. The normalized spacial score (nSPS) is 10.6. The summed E-state index contributed by atoms with van der Waals surface area (Å²) in [5, 5.41) is 0.991. The predicted octanol–water partition coefficient (Wildman–Crippen LogP) is 3.34. The zero-order valence-electron chi connectivity index (χ0n) is 8.33. The van der Waals surface area contributed by atoms with Crippen LogP contribution in [-0.2, 0) is 6.54 Å². The van der Waals surface area contributed by atoms with Gasteiger partial charge in [-0.25, -0.2) is 4.98 Å². The van der Waals surface area contributed by atoms with E-state index < -0.39 is 0 Å². The summed E-state index contributed by atoms with van der Waals surface area (Å²) in [5.74, 6) is 0. The molecule has 2 rings (SSSR count). The van der Waals surface area contributed by atoms with Crippen molar-refractivity contribution in [3.05, 3.63) is 39.4 Å². The third-order valence-electron chi connectivity index (χ3n) is 2.12. The van der Waals surface area contributed by atoms with Crippen LogP contribution in [0.15, 0.2) is 28.7 Å². The number of aromatic nitrogens is 1. The Morgan fingerprint density at radius 2 is 2.00 bits per heavy atom. The van der Waals surface area contributed by atoms with Gasteiger partial charge in [-0.05, 0) is 24.6 Å². The van der Waals surface area contributed by atoms with Crippen molar-refractivity contribution in [1.82, 2.24) is 4.98 Å². The van der Waals surface area contributed by atoms with E-state index in [1.807, 2.05) is 19.1 Å². The molecule has 0 spiro atoms. The van der Waals surface area contributed by atoms with Crippen LogP contribution in [0.4, 0.5) is 0 Å². The van der Waals surface area contributed by atoms with Crippen LogP contribution in [-0.4, -0.2) is 4.98 Å². The van der Waals surface area contributed by atoms with E-state index >= 15 is 0 Å². The highest BCUT2D eigenvalue weighted by Crippen LogP contribution is 2.30. The molecular weight excluding hydrogens is 272 g/mol. The summed E-state index contributed by atoms with van der Waals surface area (Å²) in [5.41, 5.74) is 7.83. The number of hydrogen-bond donors (Lipinski definition) is 1. The van der Waals surface area contributed by atoms with Gasteiger partial charge < -0.3 is 5.73 Å². The van der Waals surface area contributed by atoms with E-state index in [4.69, 9.17) is 5.73 Å². The van der Waals surface area contributed by atoms with Crippen LogP contribution in [0.2, 0.25) is 0 Å². The number of rotatable bonds is 2. The monoisotopic (exact) mass is 282 g/mol. The molecule has 0 aliphatic rings. The van der Waals surface area contributed by atoms with E-state index in [2.05, 4.69) is 33.0 Å². The second-order valence-corrected chi connectivity index (χ2v) is 5.23. The van der Waals surface area contributed by atoms with E-state index in [-0.39, 0.29) is 0 Å². The average molecular weight is 283 g/mol. The first-order chi connectivity index (χ1) is 7.20. The third kappa shape index (κ3) is 2.27. The Hall–Kier alpha value is -0.710. The van der Waals surface area contributed by atoms with E-state index in [0.717, 1.165) is 15.2 Å². The predicted molar refractivity (Wildman–Crippen MR) is 67.9 cm³/mol. The molecule has 1 heterocycles. The zero-order chi connectivity index (χ0) is 10.8. The largest absolute Gasteiger partial charge is 0.325 e. The molecule has 0 radical (unpaired) electrons. The van der Waals surface area contributed by atoms with Crippen molar-refractivity contribution in [3.8, 4) is 10.4 Å². The summed E-state index contributed by atoms with van der Waals surface area (Å²) in [4.78, 5) is 5.62. The first-order valence-corrected chi connectivity index (χ1v) is 6.24. The van der Waals surface area contributed by atoms with Crippen LogP contribution in [0, 0.1) is 6.92 Å². The fourth-order valence-corrected chi connectivity index (χ4v) is 2.62. The lowest BCUT2D eigenvalue weighted by atomic mass is 10.2. The van der Waals surface area contributed by atoms with Gasteiger partial charge in [0.05, 0.1) is 10.6 Å². The van der Waals surface area contributed by atoms with Gasteiger partial charge in [-0.15, -0.1) is 11.3 Å². The van der Waals surface area contributed by atoms with Crippen LogP contribution in [0.5, 0.6) is 0 Å². The maximum Gasteiger partial charge on any atom is 0.107 e. The molecule has 0 bridgehead atoms. The Bertz CT molecular complexity index is 462. The molecule has 0 amide bonds. The van der Waals surface area contributed by atoms with Gasteiger partial charge in [0.1, 0.15) is 5.01 Å². The summed E-state index contributed by atoms with van der Waals surface area (Å²) in [6, 6.07) is 8.25. The first-order valence-electron chi connectivity index (χ1n) is 4.63. The molecule has 0 saturated carbocycles. The number of aryl methyl sites for hydroxylation is 1. The molecular formula is C11H11BrN2S. The summed E-state index contributed by atoms with van der Waals surface area (Å²) in [7, 11) is 0. The zero-order valence-corrected chi connectivity index (χ0v) is 10.7. The second-order valence-electron chi connectivity index (χ2n) is 3.23. The molecule has 0 aliphatic carbocycles. The minimum absolute atomic E-state index is 0.516. The van der Waals surface area contributed by atoms with Crippen LogP contribution >= 0.6 is 27.3 Å². The van der Waals surface area contributed by atoms with Crippen molar-refractivity contribution >= 4 is 27.3 Å². The van der Waals surface area contributed by atoms with Gasteiger partial charge in [0.25, 0.3) is 0 Å². The maximum atomic E-state index is 5.57. The van der Waals surface area contributed by atoms with E-state index in [1.165, 1.54) is 10.4 Å². The Balaban J connectivity index is 2.44. The smallest absolute Gasteiger partial charge is 0.107 e. The van der Waals surface area contributed by atoms with Crippen molar-refractivity contribution in [1.29, 1.82) is 0 Å². The molecule has 0 unspecified atom stereocenters. The van der Waals surface area contributed by atoms with Crippen molar-refractivity contribution in [2.45, 2.75) is 13.5 Å². The van der Waals surface area contributed by atoms with Gasteiger partial charge >= 0.3 is 0 Å². The van der Waals surface area contributed by atoms with Crippen LogP contribution < -0.4 is 5.73 Å². The molecule has 2 N–H and O–H groups in total. The van der Waals surface area contributed by atoms with Crippen LogP contribution in [0.25, 0.3) is 10.4 Å². The van der Waals surface area contributed by atoms with Gasteiger partial charge in [-0.1, -0.05) is 28.1 Å². The molecule has 2 aromatic rings. The van der Waals surface area contributed by atoms with Gasteiger partial charge in [-0.3, -0.25) is 0 Å². The summed E-state index contributed by atoms with van der Waals surface area (Å²) >= 11 is 5.09. The molecule has 0 fully saturated rings. The quantitative estimate of drug-likeness (QED) is 0.918. The van der Waals surface area contributed by atoms with Crippen LogP contribution in [0.3, 0.4) is 0 Å². The molecule has 4 heteroatoms. The number of nitrogens with zero attached hydrogens (tertiary/aromatic N) is 1. The lowest BCUT2D eigenvalue weighted by molar-refractivity contribution is 1.02. The van der Waals surface area contributed by atoms with E-state index in [0.29, 0.717) is 6.54 Å². The highest BCUT2D eigenvalue weighted by molar-refractivity contribution is 9.10. The van der Waals surface area contributed by atoms with Gasteiger partial charge in [0.2, 0.25) is 0 Å². The lowest BCUT2D eigenvalue weighted by Gasteiger charge is -1.98. The van der Waals surface area contributed by atoms with Gasteiger partial charge in [0, 0.05) is 11.0 Å². The molecule has 15 heavy (non-hydrogen) atoms. The van der Waals surface area contributed by atoms with Crippen molar-refractivity contribution in [3.63, 3.8) is 0 Å². The SMILES string of the molecule is Cc1nc(CN)sc1-c1ccc(Br)cc1. The average Bonchev–Trinajstić information content (AvgIpc) is 2.61. The number of halogens is 1. The Morgan fingerprint density at radius 3 is 2.53 bits per heavy atom. The molecule has 1 aromatic carbocycles. The van der Waals surface area contributed by atoms with Crippen molar-refractivity contribution < 1.29 is 0 Å². The highest BCUT2D eigenvalue weighted by atomic mass is 79.9. The summed E-state index contributed by atoms with van der Waals surface area (Å²) < 4.78 is 1.09. The molecule has 0 aliphatic heterocycles. The highest BCUT2D eigenvalue weighted by Gasteiger charge is 2.08. The first kappa shape index (κ1) is 10.8. The molecule has 1 aromatic heterocycles. The topological polar surface area (TPSA) is 38.9 Å². The number of benzene rings is 1. The van der Waals surface area contributed by atoms with Crippen molar-refractivity contribution in [2.75, 3.05) is 0 Å². The second kappa shape index (κ2) is 4.43. The lowest BCUT2D eigenvalue weighted by Crippen LogP contribution is -1.94. The van der Waals surface area contributed by atoms with Crippen LogP contribution in [0.1, 0.15) is 10.7 Å². The third-order valence-corrected chi connectivity index (χ3v) is 3.88. The maximum absolute atomic E-state index is 5.57. The minimum Gasteiger partial charge on any atom is -0.325 e.